The van der Waals surface area contributed by atoms with Crippen LogP contribution in [0.5, 0.6) is 5.75 Å². The summed E-state index contributed by atoms with van der Waals surface area (Å²) in [5, 5.41) is 0. The van der Waals surface area contributed by atoms with Crippen LogP contribution in [0, 0.1) is 0 Å². The van der Waals surface area contributed by atoms with Crippen molar-refractivity contribution in [3.05, 3.63) is 28.2 Å². The Hall–Kier alpha value is -0.580. The summed E-state index contributed by atoms with van der Waals surface area (Å²) >= 11 is 3.48. The smallest absolute Gasteiger partial charge is 0.124 e. The molecule has 2 unspecified atom stereocenters. The number of ether oxygens (including phenoxy) is 2. The number of benzene rings is 1. The van der Waals surface area contributed by atoms with Crippen LogP contribution in [0.3, 0.4) is 0 Å². The molecule has 3 nitrogen and oxygen atoms in total. The van der Waals surface area contributed by atoms with Crippen molar-refractivity contribution in [3.8, 4) is 5.75 Å². The Balaban J connectivity index is 1.93. The average Bonchev–Trinajstić information content (AvgIpc) is 2.30. The van der Waals surface area contributed by atoms with Gasteiger partial charge in [-0.1, -0.05) is 15.9 Å². The van der Waals surface area contributed by atoms with Crippen molar-refractivity contribution in [3.63, 3.8) is 0 Å². The Labute approximate surface area is 116 Å². The Morgan fingerprint density at radius 3 is 3.00 bits per heavy atom. The molecule has 0 radical (unpaired) electrons. The van der Waals surface area contributed by atoms with Gasteiger partial charge in [0.15, 0.2) is 0 Å². The van der Waals surface area contributed by atoms with Gasteiger partial charge in [-0.15, -0.1) is 0 Å². The first-order chi connectivity index (χ1) is 8.58. The first-order valence-corrected chi connectivity index (χ1v) is 7.23. The molecule has 1 aromatic carbocycles. The molecule has 2 aliphatic rings. The van der Waals surface area contributed by atoms with Crippen LogP contribution in [0.1, 0.15) is 37.8 Å². The second kappa shape index (κ2) is 4.51. The maximum Gasteiger partial charge on any atom is 0.124 e. The number of nitrogens with two attached hydrogens (primary N) is 1. The zero-order chi connectivity index (χ0) is 12.8. The minimum Gasteiger partial charge on any atom is -0.487 e. The fourth-order valence-electron chi connectivity index (χ4n) is 3.10. The van der Waals surface area contributed by atoms with Crippen LogP contribution >= 0.6 is 15.9 Å². The van der Waals surface area contributed by atoms with E-state index in [9.17, 15) is 0 Å². The maximum atomic E-state index is 6.32. The van der Waals surface area contributed by atoms with E-state index in [4.69, 9.17) is 15.2 Å². The number of hydrogen-bond donors (Lipinski definition) is 1. The summed E-state index contributed by atoms with van der Waals surface area (Å²) in [5.41, 5.74) is 7.30. The zero-order valence-corrected chi connectivity index (χ0v) is 12.1. The SMILES string of the molecule is CC1CC2(CCO1)C[C@H](N)c1cc(Br)ccc1O2. The van der Waals surface area contributed by atoms with E-state index in [0.29, 0.717) is 0 Å². The normalized spacial score (nSPS) is 35.1. The highest BCUT2D eigenvalue weighted by Crippen LogP contribution is 2.44. The molecule has 3 rings (SSSR count). The minimum absolute atomic E-state index is 0.0524. The van der Waals surface area contributed by atoms with Crippen molar-refractivity contribution in [2.24, 2.45) is 5.73 Å². The molecule has 0 amide bonds. The minimum atomic E-state index is -0.127. The van der Waals surface area contributed by atoms with E-state index < -0.39 is 0 Å². The van der Waals surface area contributed by atoms with Gasteiger partial charge in [0.05, 0.1) is 12.7 Å². The summed E-state index contributed by atoms with van der Waals surface area (Å²) < 4.78 is 12.9. The predicted molar refractivity (Wildman–Crippen MR) is 73.7 cm³/mol. The lowest BCUT2D eigenvalue weighted by atomic mass is 9.80. The summed E-state index contributed by atoms with van der Waals surface area (Å²) in [6.07, 6.45) is 2.99. The van der Waals surface area contributed by atoms with Gasteiger partial charge in [0.2, 0.25) is 0 Å². The molecule has 1 aromatic rings. The molecule has 0 saturated carbocycles. The van der Waals surface area contributed by atoms with Crippen LogP contribution in [0.4, 0.5) is 0 Å². The molecule has 0 aliphatic carbocycles. The predicted octanol–water partition coefficient (Wildman–Crippen LogP) is 3.17. The van der Waals surface area contributed by atoms with Gasteiger partial charge in [0.1, 0.15) is 11.4 Å². The molecule has 4 heteroatoms. The molecule has 2 heterocycles. The third-order valence-corrected chi connectivity index (χ3v) is 4.40. The highest BCUT2D eigenvalue weighted by Gasteiger charge is 2.43. The van der Waals surface area contributed by atoms with Crippen molar-refractivity contribution < 1.29 is 9.47 Å². The van der Waals surface area contributed by atoms with Crippen LogP contribution in [0.25, 0.3) is 0 Å². The summed E-state index contributed by atoms with van der Waals surface area (Å²) in [5.74, 6) is 0.936. The second-order valence-corrected chi connectivity index (χ2v) is 6.33. The Morgan fingerprint density at radius 2 is 2.22 bits per heavy atom. The van der Waals surface area contributed by atoms with Gasteiger partial charge < -0.3 is 15.2 Å². The van der Waals surface area contributed by atoms with Crippen molar-refractivity contribution >= 4 is 15.9 Å². The molecule has 0 aromatic heterocycles. The maximum absolute atomic E-state index is 6.32. The number of hydrogen-bond acceptors (Lipinski definition) is 3. The van der Waals surface area contributed by atoms with Crippen molar-refractivity contribution in [2.75, 3.05) is 6.61 Å². The van der Waals surface area contributed by atoms with E-state index in [1.807, 2.05) is 12.1 Å². The highest BCUT2D eigenvalue weighted by atomic mass is 79.9. The van der Waals surface area contributed by atoms with Crippen molar-refractivity contribution in [2.45, 2.75) is 43.9 Å². The first kappa shape index (κ1) is 12.5. The molecular formula is C14H18BrNO2. The average molecular weight is 312 g/mol. The summed E-state index contributed by atoms with van der Waals surface area (Å²) in [4.78, 5) is 0. The monoisotopic (exact) mass is 311 g/mol. The largest absolute Gasteiger partial charge is 0.487 e. The van der Waals surface area contributed by atoms with Gasteiger partial charge in [-0.2, -0.15) is 0 Å². The van der Waals surface area contributed by atoms with E-state index in [0.717, 1.165) is 41.7 Å². The van der Waals surface area contributed by atoms with Crippen LogP contribution in [-0.2, 0) is 4.74 Å². The third kappa shape index (κ3) is 2.17. The van der Waals surface area contributed by atoms with Gasteiger partial charge in [0, 0.05) is 35.3 Å². The lowest BCUT2D eigenvalue weighted by Crippen LogP contribution is -2.49. The summed E-state index contributed by atoms with van der Waals surface area (Å²) in [7, 11) is 0. The molecular weight excluding hydrogens is 294 g/mol. The fourth-order valence-corrected chi connectivity index (χ4v) is 3.48. The van der Waals surface area contributed by atoms with Gasteiger partial charge in [-0.25, -0.2) is 0 Å². The first-order valence-electron chi connectivity index (χ1n) is 6.44. The topological polar surface area (TPSA) is 44.5 Å². The Morgan fingerprint density at radius 1 is 1.39 bits per heavy atom. The molecule has 1 fully saturated rings. The van der Waals surface area contributed by atoms with Crippen LogP contribution in [0.2, 0.25) is 0 Å². The fraction of sp³-hybridized carbons (Fsp3) is 0.571. The molecule has 2 N–H and O–H groups in total. The van der Waals surface area contributed by atoms with Gasteiger partial charge in [0.25, 0.3) is 0 Å². The van der Waals surface area contributed by atoms with Gasteiger partial charge in [-0.3, -0.25) is 0 Å². The molecule has 1 spiro atoms. The molecule has 1 saturated heterocycles. The van der Waals surface area contributed by atoms with E-state index in [1.165, 1.54) is 0 Å². The zero-order valence-electron chi connectivity index (χ0n) is 10.5. The van der Waals surface area contributed by atoms with Gasteiger partial charge in [-0.05, 0) is 25.1 Å². The molecule has 18 heavy (non-hydrogen) atoms. The second-order valence-electron chi connectivity index (χ2n) is 5.41. The Bertz CT molecular complexity index is 465. The summed E-state index contributed by atoms with van der Waals surface area (Å²) in [6.45, 7) is 2.87. The van der Waals surface area contributed by atoms with Crippen molar-refractivity contribution in [1.82, 2.24) is 0 Å². The number of halogens is 1. The highest BCUT2D eigenvalue weighted by molar-refractivity contribution is 9.10. The van der Waals surface area contributed by atoms with Crippen LogP contribution in [-0.4, -0.2) is 18.3 Å². The van der Waals surface area contributed by atoms with E-state index in [1.54, 1.807) is 0 Å². The molecule has 0 bridgehead atoms. The lowest BCUT2D eigenvalue weighted by molar-refractivity contribution is -0.0949. The third-order valence-electron chi connectivity index (χ3n) is 3.91. The molecule has 2 aliphatic heterocycles. The van der Waals surface area contributed by atoms with Gasteiger partial charge >= 0.3 is 0 Å². The lowest BCUT2D eigenvalue weighted by Gasteiger charge is -2.45. The Kier molecular flexibility index (Phi) is 3.12. The van der Waals surface area contributed by atoms with E-state index in [-0.39, 0.29) is 17.7 Å². The molecule has 98 valence electrons. The van der Waals surface area contributed by atoms with Crippen LogP contribution in [0.15, 0.2) is 22.7 Å². The number of rotatable bonds is 0. The van der Waals surface area contributed by atoms with Crippen molar-refractivity contribution in [1.29, 1.82) is 0 Å². The standard InChI is InChI=1S/C14H18BrNO2/c1-9-7-14(4-5-17-9)8-12(16)11-6-10(15)2-3-13(11)18-14/h2-3,6,9,12H,4-5,7-8,16H2,1H3/t9?,12-,14?/m0/s1. The van der Waals surface area contributed by atoms with E-state index >= 15 is 0 Å². The summed E-state index contributed by atoms with van der Waals surface area (Å²) in [6, 6.07) is 6.14. The quantitative estimate of drug-likeness (QED) is 0.800. The molecule has 3 atom stereocenters. The van der Waals surface area contributed by atoms with Crippen LogP contribution < -0.4 is 10.5 Å². The number of fused-ring (bicyclic) bond motifs is 1. The van der Waals surface area contributed by atoms with E-state index in [2.05, 4.69) is 28.9 Å².